The van der Waals surface area contributed by atoms with Gasteiger partial charge < -0.3 is 19.5 Å². The van der Waals surface area contributed by atoms with Crippen LogP contribution in [0.1, 0.15) is 10.4 Å². The Morgan fingerprint density at radius 2 is 1.76 bits per heavy atom. The Balaban J connectivity index is 2.67. The molecule has 0 amide bonds. The summed E-state index contributed by atoms with van der Waals surface area (Å²) in [5.74, 6) is -2.53. The first-order valence-corrected chi connectivity index (χ1v) is 7.77. The fraction of sp³-hybridized carbons (Fsp3) is 0.118. The Hall–Kier alpha value is -2.87. The molecule has 8 heteroatoms. The predicted octanol–water partition coefficient (Wildman–Crippen LogP) is 2.64. The Bertz CT molecular complexity index is 824. The minimum absolute atomic E-state index is 0.00793. The molecule has 1 aromatic rings. The van der Waals surface area contributed by atoms with Gasteiger partial charge >= 0.3 is 17.9 Å². The molecule has 0 atom stereocenters. The molecule has 2 rings (SSSR count). The Kier molecular flexibility index (Phi) is 5.76. The summed E-state index contributed by atoms with van der Waals surface area (Å²) in [7, 11) is 2.40. The number of aromatic carboxylic acids is 1. The standard InChI is InChI=1S/C17H14BrNO6/c1-24-16(22)11-5-3-4-8-19(14(11)17(23)25-2)13-7-6-10(15(20)21)9-12(13)18/h3-9H,1-2H3,(H,20,21). The molecule has 1 aliphatic heterocycles. The van der Waals surface area contributed by atoms with Crippen molar-refractivity contribution < 1.29 is 29.0 Å². The van der Waals surface area contributed by atoms with E-state index in [9.17, 15) is 14.4 Å². The molecule has 7 nitrogen and oxygen atoms in total. The molecule has 0 aromatic heterocycles. The molecular formula is C17H14BrNO6. The molecule has 0 radical (unpaired) electrons. The van der Waals surface area contributed by atoms with Crippen molar-refractivity contribution in [2.75, 3.05) is 19.1 Å². The van der Waals surface area contributed by atoms with Crippen molar-refractivity contribution in [1.29, 1.82) is 0 Å². The van der Waals surface area contributed by atoms with Crippen LogP contribution >= 0.6 is 15.9 Å². The van der Waals surface area contributed by atoms with Crippen LogP contribution in [0.15, 0.2) is 58.4 Å². The number of nitrogens with zero attached hydrogens (tertiary/aromatic N) is 1. The van der Waals surface area contributed by atoms with Gasteiger partial charge in [-0.1, -0.05) is 6.08 Å². The molecule has 0 saturated heterocycles. The normalized spacial score (nSPS) is 13.5. The van der Waals surface area contributed by atoms with E-state index in [-0.39, 0.29) is 16.8 Å². The summed E-state index contributed by atoms with van der Waals surface area (Å²) in [6, 6.07) is 4.30. The lowest BCUT2D eigenvalue weighted by Crippen LogP contribution is -2.27. The van der Waals surface area contributed by atoms with Gasteiger partial charge in [0.15, 0.2) is 0 Å². The molecule has 25 heavy (non-hydrogen) atoms. The first-order chi connectivity index (χ1) is 11.9. The number of allylic oxidation sites excluding steroid dienone is 2. The van der Waals surface area contributed by atoms with Crippen LogP contribution in [0.5, 0.6) is 0 Å². The van der Waals surface area contributed by atoms with Gasteiger partial charge in [0.25, 0.3) is 0 Å². The van der Waals surface area contributed by atoms with E-state index >= 15 is 0 Å². The molecule has 0 saturated carbocycles. The summed E-state index contributed by atoms with van der Waals surface area (Å²) in [6.45, 7) is 0. The number of ether oxygens (including phenoxy) is 2. The largest absolute Gasteiger partial charge is 0.478 e. The highest BCUT2D eigenvalue weighted by Gasteiger charge is 2.28. The monoisotopic (exact) mass is 407 g/mol. The second-order valence-corrected chi connectivity index (χ2v) is 5.64. The molecule has 0 bridgehead atoms. The summed E-state index contributed by atoms with van der Waals surface area (Å²) in [4.78, 5) is 36.9. The molecule has 0 aliphatic carbocycles. The Labute approximate surface area is 152 Å². The number of esters is 2. The molecule has 0 fully saturated rings. The van der Waals surface area contributed by atoms with E-state index in [0.717, 1.165) is 0 Å². The summed E-state index contributed by atoms with van der Waals surface area (Å²) in [6.07, 6.45) is 6.19. The summed E-state index contributed by atoms with van der Waals surface area (Å²) in [5.41, 5.74) is 0.479. The smallest absolute Gasteiger partial charge is 0.355 e. The topological polar surface area (TPSA) is 93.1 Å². The van der Waals surface area contributed by atoms with Gasteiger partial charge in [0.2, 0.25) is 0 Å². The zero-order valence-corrected chi connectivity index (χ0v) is 14.9. The first kappa shape index (κ1) is 18.5. The number of hydrogen-bond donors (Lipinski definition) is 1. The lowest BCUT2D eigenvalue weighted by atomic mass is 10.1. The van der Waals surface area contributed by atoms with Crippen molar-refractivity contribution in [2.45, 2.75) is 0 Å². The zero-order valence-electron chi connectivity index (χ0n) is 13.4. The van der Waals surface area contributed by atoms with Gasteiger partial charge in [0.05, 0.1) is 31.0 Å². The van der Waals surface area contributed by atoms with Crippen molar-refractivity contribution in [2.24, 2.45) is 0 Å². The molecule has 1 N–H and O–H groups in total. The van der Waals surface area contributed by atoms with Gasteiger partial charge in [-0.15, -0.1) is 0 Å². The number of rotatable bonds is 4. The summed E-state index contributed by atoms with van der Waals surface area (Å²) < 4.78 is 9.96. The number of benzene rings is 1. The van der Waals surface area contributed by atoms with E-state index in [1.807, 2.05) is 0 Å². The fourth-order valence-electron chi connectivity index (χ4n) is 2.19. The quantitative estimate of drug-likeness (QED) is 0.766. The third-order valence-electron chi connectivity index (χ3n) is 3.34. The molecule has 1 heterocycles. The van der Waals surface area contributed by atoms with Gasteiger partial charge in [-0.25, -0.2) is 14.4 Å². The van der Waals surface area contributed by atoms with Crippen molar-refractivity contribution in [1.82, 2.24) is 0 Å². The number of anilines is 1. The van der Waals surface area contributed by atoms with Crippen LogP contribution in [0.25, 0.3) is 0 Å². The lowest BCUT2D eigenvalue weighted by Gasteiger charge is -2.24. The highest BCUT2D eigenvalue weighted by atomic mass is 79.9. The van der Waals surface area contributed by atoms with Crippen molar-refractivity contribution in [3.63, 3.8) is 0 Å². The maximum absolute atomic E-state index is 12.3. The highest BCUT2D eigenvalue weighted by Crippen LogP contribution is 2.33. The number of carboxylic acid groups (broad SMARTS) is 1. The summed E-state index contributed by atoms with van der Waals surface area (Å²) >= 11 is 3.30. The van der Waals surface area contributed by atoms with E-state index in [0.29, 0.717) is 10.2 Å². The Morgan fingerprint density at radius 3 is 2.32 bits per heavy atom. The van der Waals surface area contributed by atoms with E-state index in [1.165, 1.54) is 43.4 Å². The molecule has 1 aromatic carbocycles. The van der Waals surface area contributed by atoms with Crippen LogP contribution in [0.4, 0.5) is 5.69 Å². The first-order valence-electron chi connectivity index (χ1n) is 6.98. The van der Waals surface area contributed by atoms with Crippen molar-refractivity contribution in [3.8, 4) is 0 Å². The average Bonchev–Trinajstić information content (AvgIpc) is 2.82. The van der Waals surface area contributed by atoms with Gasteiger partial charge in [0, 0.05) is 10.7 Å². The lowest BCUT2D eigenvalue weighted by molar-refractivity contribution is -0.139. The second kappa shape index (κ2) is 7.80. The zero-order chi connectivity index (χ0) is 18.6. The van der Waals surface area contributed by atoms with Gasteiger partial charge in [-0.2, -0.15) is 0 Å². The third-order valence-corrected chi connectivity index (χ3v) is 3.98. The van der Waals surface area contributed by atoms with Crippen LogP contribution in [0, 0.1) is 0 Å². The van der Waals surface area contributed by atoms with Crippen LogP contribution < -0.4 is 4.90 Å². The van der Waals surface area contributed by atoms with E-state index in [1.54, 1.807) is 18.4 Å². The fourth-order valence-corrected chi connectivity index (χ4v) is 2.76. The molecular weight excluding hydrogens is 394 g/mol. The Morgan fingerprint density at radius 1 is 1.08 bits per heavy atom. The van der Waals surface area contributed by atoms with E-state index in [2.05, 4.69) is 15.9 Å². The number of carbonyl (C=O) groups excluding carboxylic acids is 2. The molecule has 130 valence electrons. The maximum Gasteiger partial charge on any atom is 0.355 e. The SMILES string of the molecule is COC(=O)C1=C(C(=O)OC)N(c2ccc(C(=O)O)cc2Br)C=CC=C1. The molecule has 0 spiro atoms. The van der Waals surface area contributed by atoms with E-state index in [4.69, 9.17) is 14.6 Å². The van der Waals surface area contributed by atoms with Gasteiger partial charge in [-0.05, 0) is 46.3 Å². The molecule has 1 aliphatic rings. The number of carbonyl (C=O) groups is 3. The van der Waals surface area contributed by atoms with Crippen molar-refractivity contribution >= 4 is 39.5 Å². The highest BCUT2D eigenvalue weighted by molar-refractivity contribution is 9.10. The predicted molar refractivity (Wildman–Crippen MR) is 92.9 cm³/mol. The van der Waals surface area contributed by atoms with E-state index < -0.39 is 17.9 Å². The van der Waals surface area contributed by atoms with Crippen LogP contribution in [-0.2, 0) is 19.1 Å². The van der Waals surface area contributed by atoms with Crippen LogP contribution in [-0.4, -0.2) is 37.2 Å². The number of hydrogen-bond acceptors (Lipinski definition) is 6. The summed E-state index contributed by atoms with van der Waals surface area (Å²) in [5, 5.41) is 9.08. The minimum atomic E-state index is -1.08. The number of methoxy groups -OCH3 is 2. The van der Waals surface area contributed by atoms with Crippen molar-refractivity contribution in [3.05, 3.63) is 63.9 Å². The maximum atomic E-state index is 12.3. The number of halogens is 1. The van der Waals surface area contributed by atoms with Crippen LogP contribution in [0.2, 0.25) is 0 Å². The van der Waals surface area contributed by atoms with Gasteiger partial charge in [-0.3, -0.25) is 0 Å². The number of carboxylic acids is 1. The third kappa shape index (κ3) is 3.80. The van der Waals surface area contributed by atoms with Gasteiger partial charge in [0.1, 0.15) is 5.70 Å². The van der Waals surface area contributed by atoms with Crippen LogP contribution in [0.3, 0.4) is 0 Å². The second-order valence-electron chi connectivity index (χ2n) is 4.79. The average molecular weight is 408 g/mol. The minimum Gasteiger partial charge on any atom is -0.478 e. The molecule has 0 unspecified atom stereocenters.